The minimum Gasteiger partial charge on any atom is -0.494 e. The Morgan fingerprint density at radius 1 is 1.23 bits per heavy atom. The van der Waals surface area contributed by atoms with Gasteiger partial charge in [-0.05, 0) is 25.0 Å². The zero-order valence-corrected chi connectivity index (χ0v) is 16.4. The number of aliphatic imine (C=N–C) groups is 1. The fourth-order valence-electron chi connectivity index (χ4n) is 2.44. The second kappa shape index (κ2) is 9.27. The molecule has 0 saturated carbocycles. The monoisotopic (exact) mass is 358 g/mol. The van der Waals surface area contributed by atoms with Crippen LogP contribution in [0.15, 0.2) is 39.9 Å². The van der Waals surface area contributed by atoms with Crippen molar-refractivity contribution in [3.8, 4) is 5.75 Å². The van der Waals surface area contributed by atoms with Crippen molar-refractivity contribution in [1.82, 2.24) is 15.6 Å². The maximum Gasteiger partial charge on any atom is 0.213 e. The molecular formula is C20H30N4O2. The molecule has 2 N–H and O–H groups in total. The molecule has 6 nitrogen and oxygen atoms in total. The predicted molar refractivity (Wildman–Crippen MR) is 105 cm³/mol. The normalized spacial score (nSPS) is 12.1. The number of nitrogens with one attached hydrogen (secondary N) is 2. The Hall–Kier alpha value is -2.50. The summed E-state index contributed by atoms with van der Waals surface area (Å²) < 4.78 is 11.4. The Labute approximate surface area is 156 Å². The maximum atomic E-state index is 5.79. The van der Waals surface area contributed by atoms with Gasteiger partial charge in [0.15, 0.2) is 5.96 Å². The second-order valence-electron chi connectivity index (χ2n) is 7.01. The standard InChI is InChI=1S/C20H30N4O2/c1-6-25-16-10-8-7-9-15(16)11-12-22-19(21-5)24-14-18-23-13-17(26-18)20(2,3)4/h7-10,13H,6,11-12,14H2,1-5H3,(H2,21,22,24). The van der Waals surface area contributed by atoms with E-state index in [1.54, 1.807) is 13.2 Å². The predicted octanol–water partition coefficient (Wildman–Crippen LogP) is 3.28. The maximum absolute atomic E-state index is 5.79. The molecular weight excluding hydrogens is 328 g/mol. The first-order chi connectivity index (χ1) is 12.4. The van der Waals surface area contributed by atoms with Gasteiger partial charge < -0.3 is 19.8 Å². The van der Waals surface area contributed by atoms with Gasteiger partial charge in [0.25, 0.3) is 0 Å². The number of oxazole rings is 1. The Morgan fingerprint density at radius 3 is 2.65 bits per heavy atom. The molecule has 6 heteroatoms. The van der Waals surface area contributed by atoms with Crippen LogP contribution in [0.2, 0.25) is 0 Å². The topological polar surface area (TPSA) is 71.7 Å². The summed E-state index contributed by atoms with van der Waals surface area (Å²) in [5.41, 5.74) is 1.14. The Morgan fingerprint density at radius 2 is 2.00 bits per heavy atom. The van der Waals surface area contributed by atoms with Crippen molar-refractivity contribution < 1.29 is 9.15 Å². The van der Waals surface area contributed by atoms with Crippen molar-refractivity contribution in [2.45, 2.75) is 46.1 Å². The van der Waals surface area contributed by atoms with E-state index in [4.69, 9.17) is 9.15 Å². The van der Waals surface area contributed by atoms with Gasteiger partial charge in [-0.1, -0.05) is 39.0 Å². The van der Waals surface area contributed by atoms with E-state index in [-0.39, 0.29) is 5.41 Å². The molecule has 26 heavy (non-hydrogen) atoms. The van der Waals surface area contributed by atoms with Crippen LogP contribution in [0.4, 0.5) is 0 Å². The fraction of sp³-hybridized carbons (Fsp3) is 0.500. The van der Waals surface area contributed by atoms with Crippen LogP contribution in [0.5, 0.6) is 5.75 Å². The average Bonchev–Trinajstić information content (AvgIpc) is 3.09. The lowest BCUT2D eigenvalue weighted by Gasteiger charge is -2.14. The zero-order valence-electron chi connectivity index (χ0n) is 16.4. The molecule has 0 aliphatic heterocycles. The van der Waals surface area contributed by atoms with Crippen molar-refractivity contribution in [2.24, 2.45) is 4.99 Å². The quantitative estimate of drug-likeness (QED) is 0.587. The molecule has 2 aromatic rings. The minimum atomic E-state index is -0.0425. The SMILES string of the molecule is CCOc1ccccc1CCNC(=NC)NCc1ncc(C(C)(C)C)o1. The highest BCUT2D eigenvalue weighted by Gasteiger charge is 2.19. The summed E-state index contributed by atoms with van der Waals surface area (Å²) in [4.78, 5) is 8.56. The molecule has 1 aromatic carbocycles. The molecule has 0 aliphatic carbocycles. The van der Waals surface area contributed by atoms with E-state index in [9.17, 15) is 0 Å². The van der Waals surface area contributed by atoms with Gasteiger partial charge in [-0.2, -0.15) is 0 Å². The largest absolute Gasteiger partial charge is 0.494 e. The van der Waals surface area contributed by atoms with Crippen molar-refractivity contribution in [3.63, 3.8) is 0 Å². The molecule has 1 heterocycles. The highest BCUT2D eigenvalue weighted by molar-refractivity contribution is 5.79. The van der Waals surface area contributed by atoms with Gasteiger partial charge in [-0.15, -0.1) is 0 Å². The summed E-state index contributed by atoms with van der Waals surface area (Å²) >= 11 is 0. The number of hydrogen-bond donors (Lipinski definition) is 2. The van der Waals surface area contributed by atoms with Gasteiger partial charge in [-0.3, -0.25) is 4.99 Å². The number of ether oxygens (including phenoxy) is 1. The van der Waals surface area contributed by atoms with Crippen LogP contribution in [0.3, 0.4) is 0 Å². The number of hydrogen-bond acceptors (Lipinski definition) is 4. The number of nitrogens with zero attached hydrogens (tertiary/aromatic N) is 2. The number of para-hydroxylation sites is 1. The lowest BCUT2D eigenvalue weighted by Crippen LogP contribution is -2.38. The molecule has 0 fully saturated rings. The van der Waals surface area contributed by atoms with Crippen molar-refractivity contribution >= 4 is 5.96 Å². The molecule has 0 amide bonds. The van der Waals surface area contributed by atoms with E-state index in [2.05, 4.69) is 47.4 Å². The molecule has 0 unspecified atom stereocenters. The fourth-order valence-corrected chi connectivity index (χ4v) is 2.44. The molecule has 0 spiro atoms. The number of aromatic nitrogens is 1. The van der Waals surface area contributed by atoms with Crippen LogP contribution < -0.4 is 15.4 Å². The zero-order chi connectivity index (χ0) is 19.0. The summed E-state index contributed by atoms with van der Waals surface area (Å²) in [5, 5.41) is 6.54. The number of rotatable bonds is 7. The number of benzene rings is 1. The molecule has 2 rings (SSSR count). The first-order valence-electron chi connectivity index (χ1n) is 9.04. The third kappa shape index (κ3) is 5.79. The summed E-state index contributed by atoms with van der Waals surface area (Å²) in [6.45, 7) is 10.2. The van der Waals surface area contributed by atoms with E-state index >= 15 is 0 Å². The Balaban J connectivity index is 1.82. The molecule has 0 radical (unpaired) electrons. The smallest absolute Gasteiger partial charge is 0.213 e. The van der Waals surface area contributed by atoms with E-state index in [0.29, 0.717) is 19.0 Å². The summed E-state index contributed by atoms with van der Waals surface area (Å²) in [6, 6.07) is 8.11. The van der Waals surface area contributed by atoms with Crippen molar-refractivity contribution in [1.29, 1.82) is 0 Å². The van der Waals surface area contributed by atoms with E-state index in [0.717, 1.165) is 30.4 Å². The minimum absolute atomic E-state index is 0.0425. The van der Waals surface area contributed by atoms with Gasteiger partial charge in [0.1, 0.15) is 11.5 Å². The van der Waals surface area contributed by atoms with E-state index in [1.807, 2.05) is 25.1 Å². The lowest BCUT2D eigenvalue weighted by molar-refractivity contribution is 0.336. The Bertz CT molecular complexity index is 717. The summed E-state index contributed by atoms with van der Waals surface area (Å²) in [6.07, 6.45) is 2.64. The van der Waals surface area contributed by atoms with E-state index in [1.165, 1.54) is 5.56 Å². The van der Waals surface area contributed by atoms with Gasteiger partial charge in [0.2, 0.25) is 5.89 Å². The summed E-state index contributed by atoms with van der Waals surface area (Å²) in [7, 11) is 1.75. The Kier molecular flexibility index (Phi) is 7.06. The van der Waals surface area contributed by atoms with Crippen LogP contribution >= 0.6 is 0 Å². The lowest BCUT2D eigenvalue weighted by atomic mass is 9.94. The van der Waals surface area contributed by atoms with Gasteiger partial charge in [0, 0.05) is 19.0 Å². The molecule has 0 atom stereocenters. The average molecular weight is 358 g/mol. The molecule has 0 saturated heterocycles. The van der Waals surface area contributed by atoms with Crippen LogP contribution in [0.1, 0.15) is 44.9 Å². The highest BCUT2D eigenvalue weighted by atomic mass is 16.5. The first-order valence-corrected chi connectivity index (χ1v) is 9.04. The molecule has 1 aromatic heterocycles. The van der Waals surface area contributed by atoms with Crippen molar-refractivity contribution in [2.75, 3.05) is 20.2 Å². The highest BCUT2D eigenvalue weighted by Crippen LogP contribution is 2.22. The first kappa shape index (κ1) is 19.8. The third-order valence-electron chi connectivity index (χ3n) is 3.88. The second-order valence-corrected chi connectivity index (χ2v) is 7.01. The van der Waals surface area contributed by atoms with E-state index < -0.39 is 0 Å². The van der Waals surface area contributed by atoms with Crippen LogP contribution in [-0.4, -0.2) is 31.1 Å². The van der Waals surface area contributed by atoms with Crippen LogP contribution in [0, 0.1) is 0 Å². The third-order valence-corrected chi connectivity index (χ3v) is 3.88. The molecule has 0 bridgehead atoms. The van der Waals surface area contributed by atoms with Gasteiger partial charge in [-0.25, -0.2) is 4.98 Å². The summed E-state index contributed by atoms with van der Waals surface area (Å²) in [5.74, 6) is 3.19. The molecule has 142 valence electrons. The van der Waals surface area contributed by atoms with Crippen LogP contribution in [-0.2, 0) is 18.4 Å². The van der Waals surface area contributed by atoms with Gasteiger partial charge in [0.05, 0.1) is 19.3 Å². The van der Waals surface area contributed by atoms with Gasteiger partial charge >= 0.3 is 0 Å². The van der Waals surface area contributed by atoms with Crippen molar-refractivity contribution in [3.05, 3.63) is 47.7 Å². The molecule has 0 aliphatic rings. The number of guanidine groups is 1. The van der Waals surface area contributed by atoms with Crippen LogP contribution in [0.25, 0.3) is 0 Å².